The van der Waals surface area contributed by atoms with E-state index in [4.69, 9.17) is 9.47 Å². The standard InChI is InChI=1S/C24H29N7O3Si/c1-33-21-7-6-17(13-25)12-18(21)22-20(15-28-30(22)10-11-34-16-35(2,3)4)29-24(32)19-14-27-31-9-5-8-26-23(19)31/h5-9,12,14-15,24,29,32H,10-11,16H2,1-4H3. The van der Waals surface area contributed by atoms with Gasteiger partial charge in [0.05, 0.1) is 69.3 Å². The quantitative estimate of drug-likeness (QED) is 0.196. The van der Waals surface area contributed by atoms with Crippen molar-refractivity contribution >= 4 is 19.4 Å². The SMILES string of the molecule is COc1ccc(C#N)cc1-c1c(NC(O)c2cnn3cccnc23)cnn1CCOC[Si](C)(C)C. The van der Waals surface area contributed by atoms with Gasteiger partial charge in [-0.15, -0.1) is 0 Å². The lowest BCUT2D eigenvalue weighted by Crippen LogP contribution is -2.29. The van der Waals surface area contributed by atoms with Gasteiger partial charge < -0.3 is 19.9 Å². The monoisotopic (exact) mass is 491 g/mol. The predicted molar refractivity (Wildman–Crippen MR) is 135 cm³/mol. The summed E-state index contributed by atoms with van der Waals surface area (Å²) in [6, 6.07) is 9.15. The van der Waals surface area contributed by atoms with Gasteiger partial charge in [-0.1, -0.05) is 19.6 Å². The third kappa shape index (κ3) is 5.51. The first-order valence-corrected chi connectivity index (χ1v) is 15.0. The zero-order valence-corrected chi connectivity index (χ0v) is 21.3. The van der Waals surface area contributed by atoms with E-state index in [1.54, 1.807) is 65.4 Å². The number of aromatic nitrogens is 5. The van der Waals surface area contributed by atoms with Gasteiger partial charge in [0, 0.05) is 24.2 Å². The van der Waals surface area contributed by atoms with Crippen molar-refractivity contribution in [1.29, 1.82) is 5.26 Å². The summed E-state index contributed by atoms with van der Waals surface area (Å²) in [4.78, 5) is 4.32. The molecule has 0 aliphatic rings. The molecule has 2 N–H and O–H groups in total. The average Bonchev–Trinajstić information content (AvgIpc) is 3.45. The Bertz CT molecular complexity index is 1350. The number of nitrogens with zero attached hydrogens (tertiary/aromatic N) is 6. The van der Waals surface area contributed by atoms with Crippen LogP contribution in [0.2, 0.25) is 19.6 Å². The first-order valence-electron chi connectivity index (χ1n) is 11.3. The summed E-state index contributed by atoms with van der Waals surface area (Å²) in [6.07, 6.45) is 6.30. The number of hydrogen-bond donors (Lipinski definition) is 2. The molecule has 11 heteroatoms. The number of aliphatic hydroxyl groups excluding tert-OH is 1. The zero-order chi connectivity index (χ0) is 25.0. The Morgan fingerprint density at radius 2 is 2.06 bits per heavy atom. The smallest absolute Gasteiger partial charge is 0.162 e. The van der Waals surface area contributed by atoms with Crippen molar-refractivity contribution in [3.05, 3.63) is 60.2 Å². The van der Waals surface area contributed by atoms with Crippen LogP contribution in [0.4, 0.5) is 5.69 Å². The molecule has 182 valence electrons. The lowest BCUT2D eigenvalue weighted by atomic mass is 10.1. The number of hydrogen-bond acceptors (Lipinski definition) is 8. The van der Waals surface area contributed by atoms with Gasteiger partial charge in [-0.05, 0) is 24.3 Å². The molecule has 1 aromatic carbocycles. The molecule has 0 spiro atoms. The van der Waals surface area contributed by atoms with Crippen molar-refractivity contribution in [2.75, 3.05) is 25.3 Å². The molecule has 0 amide bonds. The highest BCUT2D eigenvalue weighted by Gasteiger charge is 2.22. The van der Waals surface area contributed by atoms with Crippen LogP contribution in [0, 0.1) is 11.3 Å². The number of nitrogens with one attached hydrogen (secondary N) is 1. The van der Waals surface area contributed by atoms with Gasteiger partial charge >= 0.3 is 0 Å². The number of rotatable bonds is 10. The van der Waals surface area contributed by atoms with E-state index < -0.39 is 14.3 Å². The van der Waals surface area contributed by atoms with Crippen LogP contribution in [0.15, 0.2) is 49.1 Å². The van der Waals surface area contributed by atoms with E-state index in [2.05, 4.69) is 46.2 Å². The summed E-state index contributed by atoms with van der Waals surface area (Å²) in [5.41, 5.74) is 3.50. The van der Waals surface area contributed by atoms with Crippen LogP contribution in [0.3, 0.4) is 0 Å². The second kappa shape index (κ2) is 10.3. The van der Waals surface area contributed by atoms with E-state index >= 15 is 0 Å². The van der Waals surface area contributed by atoms with E-state index in [1.165, 1.54) is 0 Å². The second-order valence-electron chi connectivity index (χ2n) is 9.30. The van der Waals surface area contributed by atoms with Crippen molar-refractivity contribution < 1.29 is 14.6 Å². The molecule has 0 radical (unpaired) electrons. The molecule has 0 saturated carbocycles. The summed E-state index contributed by atoms with van der Waals surface area (Å²) in [6.45, 7) is 7.74. The minimum Gasteiger partial charge on any atom is -0.496 e. The molecular weight excluding hydrogens is 462 g/mol. The Hall–Kier alpha value is -3.72. The highest BCUT2D eigenvalue weighted by atomic mass is 28.3. The van der Waals surface area contributed by atoms with Crippen LogP contribution >= 0.6 is 0 Å². The molecule has 4 rings (SSSR count). The van der Waals surface area contributed by atoms with E-state index in [9.17, 15) is 10.4 Å². The number of methoxy groups -OCH3 is 1. The highest BCUT2D eigenvalue weighted by Crippen LogP contribution is 2.37. The van der Waals surface area contributed by atoms with E-state index in [-0.39, 0.29) is 0 Å². The lowest BCUT2D eigenvalue weighted by Gasteiger charge is -2.18. The normalized spacial score (nSPS) is 12.5. The largest absolute Gasteiger partial charge is 0.496 e. The Balaban J connectivity index is 1.69. The highest BCUT2D eigenvalue weighted by molar-refractivity contribution is 6.76. The number of aliphatic hydroxyl groups is 1. The van der Waals surface area contributed by atoms with Crippen LogP contribution in [-0.4, -0.2) is 57.5 Å². The van der Waals surface area contributed by atoms with E-state index in [0.717, 1.165) is 6.23 Å². The van der Waals surface area contributed by atoms with Crippen molar-refractivity contribution in [2.24, 2.45) is 0 Å². The third-order valence-electron chi connectivity index (χ3n) is 5.30. The molecule has 1 atom stereocenters. The molecule has 0 bridgehead atoms. The first kappa shape index (κ1) is 24.4. The fourth-order valence-electron chi connectivity index (χ4n) is 3.70. The zero-order valence-electron chi connectivity index (χ0n) is 20.3. The maximum Gasteiger partial charge on any atom is 0.162 e. The predicted octanol–water partition coefficient (Wildman–Crippen LogP) is 3.47. The van der Waals surface area contributed by atoms with Crippen molar-refractivity contribution in [3.63, 3.8) is 0 Å². The Kier molecular flexibility index (Phi) is 7.16. The molecule has 35 heavy (non-hydrogen) atoms. The summed E-state index contributed by atoms with van der Waals surface area (Å²) in [5.74, 6) is 0.587. The fraction of sp³-hybridized carbons (Fsp3) is 0.333. The average molecular weight is 492 g/mol. The molecule has 10 nitrogen and oxygen atoms in total. The lowest BCUT2D eigenvalue weighted by molar-refractivity contribution is 0.160. The number of fused-ring (bicyclic) bond motifs is 1. The molecule has 3 heterocycles. The maximum atomic E-state index is 11.0. The number of anilines is 1. The molecule has 1 unspecified atom stereocenters. The van der Waals surface area contributed by atoms with Gasteiger partial charge in [-0.3, -0.25) is 4.68 Å². The molecule has 4 aromatic rings. The minimum atomic E-state index is -1.34. The number of ether oxygens (including phenoxy) is 2. The van der Waals surface area contributed by atoms with Gasteiger partial charge in [0.15, 0.2) is 11.9 Å². The van der Waals surface area contributed by atoms with Crippen LogP contribution in [-0.2, 0) is 11.3 Å². The van der Waals surface area contributed by atoms with Gasteiger partial charge in [0.2, 0.25) is 0 Å². The second-order valence-corrected chi connectivity index (χ2v) is 14.7. The number of benzene rings is 1. The van der Waals surface area contributed by atoms with Crippen LogP contribution in [0.5, 0.6) is 5.75 Å². The van der Waals surface area contributed by atoms with Crippen LogP contribution in [0.25, 0.3) is 16.9 Å². The van der Waals surface area contributed by atoms with E-state index in [1.807, 2.05) is 0 Å². The van der Waals surface area contributed by atoms with Crippen molar-refractivity contribution in [2.45, 2.75) is 32.4 Å². The Morgan fingerprint density at radius 1 is 1.23 bits per heavy atom. The molecule has 3 aromatic heterocycles. The Morgan fingerprint density at radius 3 is 2.80 bits per heavy atom. The molecule has 0 fully saturated rings. The van der Waals surface area contributed by atoms with Gasteiger partial charge in [0.1, 0.15) is 5.75 Å². The maximum absolute atomic E-state index is 11.0. The van der Waals surface area contributed by atoms with Crippen molar-refractivity contribution in [1.82, 2.24) is 24.4 Å². The summed E-state index contributed by atoms with van der Waals surface area (Å²) in [5, 5.41) is 32.4. The Labute approximate surface area is 204 Å². The van der Waals surface area contributed by atoms with E-state index in [0.29, 0.717) is 52.6 Å². The van der Waals surface area contributed by atoms with Crippen LogP contribution < -0.4 is 10.1 Å². The van der Waals surface area contributed by atoms with Crippen molar-refractivity contribution in [3.8, 4) is 23.1 Å². The summed E-state index contributed by atoms with van der Waals surface area (Å²) < 4.78 is 14.9. The van der Waals surface area contributed by atoms with Gasteiger partial charge in [0.25, 0.3) is 0 Å². The molecular formula is C24H29N7O3Si. The van der Waals surface area contributed by atoms with Gasteiger partial charge in [-0.2, -0.15) is 15.5 Å². The summed E-state index contributed by atoms with van der Waals surface area (Å²) >= 11 is 0. The van der Waals surface area contributed by atoms with Gasteiger partial charge in [-0.25, -0.2) is 9.50 Å². The molecule has 0 aliphatic carbocycles. The third-order valence-corrected chi connectivity index (χ3v) is 6.37. The topological polar surface area (TPSA) is 123 Å². The summed E-state index contributed by atoms with van der Waals surface area (Å²) in [7, 11) is 0.241. The number of nitriles is 1. The van der Waals surface area contributed by atoms with Crippen LogP contribution in [0.1, 0.15) is 17.4 Å². The minimum absolute atomic E-state index is 0.485. The first-order chi connectivity index (χ1) is 16.8. The molecule has 0 saturated heterocycles. The fourth-order valence-corrected chi connectivity index (χ4v) is 4.46. The molecule has 0 aliphatic heterocycles.